The molecule has 0 heterocycles. The summed E-state index contributed by atoms with van der Waals surface area (Å²) in [7, 11) is 0. The zero-order valence-electron chi connectivity index (χ0n) is 12.9. The molecule has 0 spiro atoms. The van der Waals surface area contributed by atoms with E-state index in [0.717, 1.165) is 0 Å². The molecular weight excluding hydrogens is 314 g/mol. The molecule has 2 aromatic carbocycles. The first-order valence-corrected chi connectivity index (χ1v) is 7.14. The van der Waals surface area contributed by atoms with Gasteiger partial charge in [0.2, 0.25) is 0 Å². The standard InChI is InChI=1S/C17H15NO6/c1-2-18-17(21)22-14-11-7-6-10-13(14)16(20)24-23-15(19)12-8-4-3-5-9-12/h3-11H,2H2,1H3,(H,18,21). The molecule has 0 saturated carbocycles. The van der Waals surface area contributed by atoms with Crippen molar-refractivity contribution in [2.75, 3.05) is 6.54 Å². The van der Waals surface area contributed by atoms with Crippen molar-refractivity contribution in [2.24, 2.45) is 0 Å². The number of nitrogens with one attached hydrogen (secondary N) is 1. The molecule has 0 fully saturated rings. The molecule has 24 heavy (non-hydrogen) atoms. The molecule has 0 aliphatic carbocycles. The Labute approximate surface area is 138 Å². The van der Waals surface area contributed by atoms with Gasteiger partial charge in [0.1, 0.15) is 11.3 Å². The van der Waals surface area contributed by atoms with Gasteiger partial charge in [0, 0.05) is 6.54 Å². The van der Waals surface area contributed by atoms with Crippen LogP contribution < -0.4 is 10.1 Å². The largest absolute Gasteiger partial charge is 0.412 e. The molecule has 0 saturated heterocycles. The molecule has 0 aliphatic rings. The highest BCUT2D eigenvalue weighted by Gasteiger charge is 2.19. The minimum absolute atomic E-state index is 0.00999. The van der Waals surface area contributed by atoms with E-state index < -0.39 is 18.0 Å². The Morgan fingerprint density at radius 2 is 1.50 bits per heavy atom. The van der Waals surface area contributed by atoms with Gasteiger partial charge in [0.05, 0.1) is 5.56 Å². The highest BCUT2D eigenvalue weighted by molar-refractivity contribution is 5.94. The Morgan fingerprint density at radius 3 is 2.21 bits per heavy atom. The number of para-hydroxylation sites is 1. The summed E-state index contributed by atoms with van der Waals surface area (Å²) in [4.78, 5) is 44.3. The molecule has 124 valence electrons. The average Bonchev–Trinajstić information content (AvgIpc) is 2.60. The summed E-state index contributed by atoms with van der Waals surface area (Å²) in [6.07, 6.45) is -0.709. The van der Waals surface area contributed by atoms with Crippen LogP contribution in [0.2, 0.25) is 0 Å². The molecule has 2 rings (SSSR count). The number of amides is 1. The van der Waals surface area contributed by atoms with E-state index in [0.29, 0.717) is 6.54 Å². The zero-order chi connectivity index (χ0) is 17.4. The number of benzene rings is 2. The van der Waals surface area contributed by atoms with Crippen molar-refractivity contribution in [3.8, 4) is 5.75 Å². The van der Waals surface area contributed by atoms with Crippen LogP contribution in [-0.4, -0.2) is 24.6 Å². The topological polar surface area (TPSA) is 90.9 Å². The fourth-order valence-electron chi connectivity index (χ4n) is 1.75. The van der Waals surface area contributed by atoms with E-state index in [-0.39, 0.29) is 16.9 Å². The summed E-state index contributed by atoms with van der Waals surface area (Å²) in [5.41, 5.74) is 0.182. The Hall–Kier alpha value is -3.35. The molecule has 7 heteroatoms. The van der Waals surface area contributed by atoms with Crippen LogP contribution in [0.1, 0.15) is 27.6 Å². The number of carbonyl (C=O) groups is 3. The van der Waals surface area contributed by atoms with E-state index in [2.05, 4.69) is 15.1 Å². The molecule has 7 nitrogen and oxygen atoms in total. The van der Waals surface area contributed by atoms with Crippen molar-refractivity contribution < 1.29 is 28.9 Å². The Bertz CT molecular complexity index is 729. The fourth-order valence-corrected chi connectivity index (χ4v) is 1.75. The number of carbonyl (C=O) groups excluding carboxylic acids is 3. The predicted octanol–water partition coefficient (Wildman–Crippen LogP) is 2.72. The summed E-state index contributed by atoms with van der Waals surface area (Å²) in [6, 6.07) is 14.0. The number of ether oxygens (including phenoxy) is 1. The van der Waals surface area contributed by atoms with Crippen LogP contribution in [0, 0.1) is 0 Å². The van der Waals surface area contributed by atoms with Crippen LogP contribution >= 0.6 is 0 Å². The highest BCUT2D eigenvalue weighted by atomic mass is 17.2. The van der Waals surface area contributed by atoms with Gasteiger partial charge >= 0.3 is 18.0 Å². The second-order valence-corrected chi connectivity index (χ2v) is 4.52. The van der Waals surface area contributed by atoms with E-state index in [1.54, 1.807) is 37.3 Å². The van der Waals surface area contributed by atoms with Crippen molar-refractivity contribution >= 4 is 18.0 Å². The average molecular weight is 329 g/mol. The number of hydrogen-bond acceptors (Lipinski definition) is 6. The van der Waals surface area contributed by atoms with Crippen LogP contribution in [0.3, 0.4) is 0 Å². The fraction of sp³-hybridized carbons (Fsp3) is 0.118. The van der Waals surface area contributed by atoms with Crippen molar-refractivity contribution in [2.45, 2.75) is 6.92 Å². The normalized spacial score (nSPS) is 9.71. The Kier molecular flexibility index (Phi) is 5.90. The summed E-state index contributed by atoms with van der Waals surface area (Å²) < 4.78 is 5.01. The van der Waals surface area contributed by atoms with Crippen molar-refractivity contribution in [1.29, 1.82) is 0 Å². The van der Waals surface area contributed by atoms with Gasteiger partial charge in [-0.15, -0.1) is 0 Å². The van der Waals surface area contributed by atoms with Crippen molar-refractivity contribution in [3.05, 3.63) is 65.7 Å². The van der Waals surface area contributed by atoms with Gasteiger partial charge in [0.15, 0.2) is 0 Å². The van der Waals surface area contributed by atoms with Gasteiger partial charge in [-0.05, 0) is 31.2 Å². The van der Waals surface area contributed by atoms with Gasteiger partial charge < -0.3 is 10.1 Å². The molecule has 0 bridgehead atoms. The molecule has 0 aromatic heterocycles. The summed E-state index contributed by atoms with van der Waals surface area (Å²) in [5.74, 6) is -1.78. The van der Waals surface area contributed by atoms with Gasteiger partial charge in [-0.25, -0.2) is 24.2 Å². The van der Waals surface area contributed by atoms with Crippen molar-refractivity contribution in [1.82, 2.24) is 5.32 Å². The lowest BCUT2D eigenvalue weighted by molar-refractivity contribution is -0.187. The quantitative estimate of drug-likeness (QED) is 0.685. The van der Waals surface area contributed by atoms with Gasteiger partial charge in [-0.3, -0.25) is 0 Å². The summed E-state index contributed by atoms with van der Waals surface area (Å²) in [6.45, 7) is 2.10. The predicted molar refractivity (Wildman–Crippen MR) is 83.4 cm³/mol. The Morgan fingerprint density at radius 1 is 0.875 bits per heavy atom. The highest BCUT2D eigenvalue weighted by Crippen LogP contribution is 2.19. The van der Waals surface area contributed by atoms with E-state index in [1.165, 1.54) is 24.3 Å². The third-order valence-electron chi connectivity index (χ3n) is 2.83. The van der Waals surface area contributed by atoms with E-state index in [9.17, 15) is 14.4 Å². The van der Waals surface area contributed by atoms with E-state index >= 15 is 0 Å². The first-order chi connectivity index (χ1) is 11.6. The lowest BCUT2D eigenvalue weighted by atomic mass is 10.2. The third kappa shape index (κ3) is 4.57. The van der Waals surface area contributed by atoms with Gasteiger partial charge in [-0.1, -0.05) is 30.3 Å². The number of hydrogen-bond donors (Lipinski definition) is 1. The molecule has 1 amide bonds. The maximum atomic E-state index is 12.0. The second-order valence-electron chi connectivity index (χ2n) is 4.52. The monoisotopic (exact) mass is 329 g/mol. The molecule has 2 aromatic rings. The molecule has 0 atom stereocenters. The number of rotatable bonds is 4. The minimum Gasteiger partial charge on any atom is -0.409 e. The van der Waals surface area contributed by atoms with Crippen LogP contribution in [0.15, 0.2) is 54.6 Å². The molecule has 0 unspecified atom stereocenters. The minimum atomic E-state index is -0.959. The first kappa shape index (κ1) is 17.0. The second kappa shape index (κ2) is 8.33. The molecular formula is C17H15NO6. The van der Waals surface area contributed by atoms with E-state index in [4.69, 9.17) is 4.74 Å². The summed E-state index contributed by atoms with van der Waals surface area (Å²) >= 11 is 0. The van der Waals surface area contributed by atoms with Gasteiger partial charge in [-0.2, -0.15) is 0 Å². The maximum Gasteiger partial charge on any atom is 0.412 e. The first-order valence-electron chi connectivity index (χ1n) is 7.14. The lowest BCUT2D eigenvalue weighted by Crippen LogP contribution is -2.27. The van der Waals surface area contributed by atoms with Gasteiger partial charge in [0.25, 0.3) is 0 Å². The van der Waals surface area contributed by atoms with Crippen molar-refractivity contribution in [3.63, 3.8) is 0 Å². The van der Waals surface area contributed by atoms with Crippen LogP contribution in [0.4, 0.5) is 4.79 Å². The maximum absolute atomic E-state index is 12.0. The summed E-state index contributed by atoms with van der Waals surface area (Å²) in [5, 5.41) is 2.43. The molecule has 0 radical (unpaired) electrons. The lowest BCUT2D eigenvalue weighted by Gasteiger charge is -2.09. The Balaban J connectivity index is 2.02. The molecule has 1 N–H and O–H groups in total. The van der Waals surface area contributed by atoms with E-state index in [1.807, 2.05) is 0 Å². The molecule has 0 aliphatic heterocycles. The third-order valence-corrected chi connectivity index (χ3v) is 2.83. The smallest absolute Gasteiger partial charge is 0.409 e. The van der Waals surface area contributed by atoms with Crippen LogP contribution in [0.5, 0.6) is 5.75 Å². The van der Waals surface area contributed by atoms with Crippen LogP contribution in [-0.2, 0) is 9.78 Å². The van der Waals surface area contributed by atoms with Crippen LogP contribution in [0.25, 0.3) is 0 Å². The SMILES string of the molecule is CCNC(=O)Oc1ccccc1C(=O)OOC(=O)c1ccccc1. The zero-order valence-corrected chi connectivity index (χ0v) is 12.9.